The number of hydrogen-bond donors (Lipinski definition) is 2. The Kier molecular flexibility index (Phi) is 4.77. The number of halogens is 3. The van der Waals surface area contributed by atoms with Crippen molar-refractivity contribution < 1.29 is 23.1 Å². The van der Waals surface area contributed by atoms with E-state index in [0.717, 1.165) is 6.07 Å². The number of benzene rings is 1. The molecule has 1 atom stereocenters. The van der Waals surface area contributed by atoms with Gasteiger partial charge in [0.1, 0.15) is 0 Å². The Morgan fingerprint density at radius 3 is 2.55 bits per heavy atom. The number of aliphatic hydroxyl groups excluding tert-OH is 1. The predicted octanol–water partition coefficient (Wildman–Crippen LogP) is 2.45. The number of nitrogens with one attached hydrogen (secondary N) is 1. The summed E-state index contributed by atoms with van der Waals surface area (Å²) in [5.41, 5.74) is -0.284. The molecule has 2 aromatic rings. The lowest BCUT2D eigenvalue weighted by Crippen LogP contribution is -2.29. The van der Waals surface area contributed by atoms with E-state index in [4.69, 9.17) is 0 Å². The summed E-state index contributed by atoms with van der Waals surface area (Å²) in [6, 6.07) is 9.14. The number of aromatic nitrogens is 1. The van der Waals surface area contributed by atoms with E-state index in [1.54, 1.807) is 30.3 Å². The Morgan fingerprint density at radius 1 is 1.23 bits per heavy atom. The SMILES string of the molecule is O=C(NCc1cncc(C(F)(F)F)c1)C(O)c1ccccc1. The molecule has 0 aliphatic carbocycles. The van der Waals surface area contributed by atoms with Gasteiger partial charge in [-0.25, -0.2) is 0 Å². The van der Waals surface area contributed by atoms with Crippen molar-refractivity contribution in [2.75, 3.05) is 0 Å². The maximum atomic E-state index is 12.5. The number of amides is 1. The molecule has 1 amide bonds. The van der Waals surface area contributed by atoms with Gasteiger partial charge in [-0.1, -0.05) is 30.3 Å². The first-order chi connectivity index (χ1) is 10.4. The summed E-state index contributed by atoms with van der Waals surface area (Å²) in [5, 5.41) is 12.2. The molecule has 7 heteroatoms. The third-order valence-corrected chi connectivity index (χ3v) is 2.95. The second kappa shape index (κ2) is 6.57. The van der Waals surface area contributed by atoms with Gasteiger partial charge in [0.25, 0.3) is 5.91 Å². The van der Waals surface area contributed by atoms with Crippen LogP contribution in [-0.4, -0.2) is 16.0 Å². The van der Waals surface area contributed by atoms with Gasteiger partial charge in [0.05, 0.1) is 5.56 Å². The van der Waals surface area contributed by atoms with Crippen molar-refractivity contribution in [2.45, 2.75) is 18.8 Å². The van der Waals surface area contributed by atoms with E-state index in [9.17, 15) is 23.1 Å². The monoisotopic (exact) mass is 310 g/mol. The smallest absolute Gasteiger partial charge is 0.378 e. The number of nitrogens with zero attached hydrogens (tertiary/aromatic N) is 1. The maximum absolute atomic E-state index is 12.5. The van der Waals surface area contributed by atoms with Gasteiger partial charge in [-0.05, 0) is 17.2 Å². The molecule has 116 valence electrons. The highest BCUT2D eigenvalue weighted by molar-refractivity contribution is 5.81. The van der Waals surface area contributed by atoms with Crippen LogP contribution in [0.3, 0.4) is 0 Å². The van der Waals surface area contributed by atoms with Gasteiger partial charge in [-0.2, -0.15) is 13.2 Å². The number of alkyl halides is 3. The molecule has 0 aliphatic rings. The van der Waals surface area contributed by atoms with Gasteiger partial charge >= 0.3 is 6.18 Å². The van der Waals surface area contributed by atoms with Crippen LogP contribution in [-0.2, 0) is 17.5 Å². The lowest BCUT2D eigenvalue weighted by atomic mass is 10.1. The molecular weight excluding hydrogens is 297 g/mol. The summed E-state index contributed by atoms with van der Waals surface area (Å²) in [5.74, 6) is -0.691. The fraction of sp³-hybridized carbons (Fsp3) is 0.200. The molecule has 0 aliphatic heterocycles. The number of rotatable bonds is 4. The van der Waals surface area contributed by atoms with Crippen molar-refractivity contribution in [3.8, 4) is 0 Å². The van der Waals surface area contributed by atoms with Crippen molar-refractivity contribution in [2.24, 2.45) is 0 Å². The lowest BCUT2D eigenvalue weighted by molar-refractivity contribution is -0.137. The lowest BCUT2D eigenvalue weighted by Gasteiger charge is -2.12. The molecule has 1 heterocycles. The van der Waals surface area contributed by atoms with E-state index < -0.39 is 23.8 Å². The van der Waals surface area contributed by atoms with E-state index in [1.165, 1.54) is 6.20 Å². The minimum Gasteiger partial charge on any atom is -0.378 e. The highest BCUT2D eigenvalue weighted by Crippen LogP contribution is 2.28. The van der Waals surface area contributed by atoms with Crippen molar-refractivity contribution in [3.05, 3.63) is 65.5 Å². The summed E-state index contributed by atoms with van der Waals surface area (Å²) in [4.78, 5) is 15.3. The normalized spacial score (nSPS) is 12.7. The van der Waals surface area contributed by atoms with Crippen LogP contribution in [0, 0.1) is 0 Å². The first-order valence-electron chi connectivity index (χ1n) is 6.40. The fourth-order valence-electron chi connectivity index (χ4n) is 1.81. The zero-order valence-electron chi connectivity index (χ0n) is 11.3. The number of hydrogen-bond acceptors (Lipinski definition) is 3. The van der Waals surface area contributed by atoms with Crippen LogP contribution >= 0.6 is 0 Å². The van der Waals surface area contributed by atoms with Crippen LogP contribution in [0.25, 0.3) is 0 Å². The molecule has 0 fully saturated rings. The molecule has 1 aromatic carbocycles. The van der Waals surface area contributed by atoms with E-state index in [-0.39, 0.29) is 12.1 Å². The zero-order valence-corrected chi connectivity index (χ0v) is 11.3. The van der Waals surface area contributed by atoms with Gasteiger partial charge in [0.2, 0.25) is 0 Å². The quantitative estimate of drug-likeness (QED) is 0.912. The summed E-state index contributed by atoms with van der Waals surface area (Å²) >= 11 is 0. The molecule has 22 heavy (non-hydrogen) atoms. The topological polar surface area (TPSA) is 62.2 Å². The first-order valence-corrected chi connectivity index (χ1v) is 6.40. The Labute approximate surface area is 124 Å². The molecule has 1 unspecified atom stereocenters. The van der Waals surface area contributed by atoms with E-state index in [0.29, 0.717) is 11.8 Å². The van der Waals surface area contributed by atoms with Crippen molar-refractivity contribution in [3.63, 3.8) is 0 Å². The largest absolute Gasteiger partial charge is 0.417 e. The standard InChI is InChI=1S/C15H13F3N2O2/c16-15(17,18)12-6-10(7-19-9-12)8-20-14(22)13(21)11-4-2-1-3-5-11/h1-7,9,13,21H,8H2,(H,20,22). The van der Waals surface area contributed by atoms with Crippen LogP contribution in [0.15, 0.2) is 48.8 Å². The van der Waals surface area contributed by atoms with Crippen LogP contribution < -0.4 is 5.32 Å². The minimum atomic E-state index is -4.49. The summed E-state index contributed by atoms with van der Waals surface area (Å²) in [6.45, 7) is -0.153. The van der Waals surface area contributed by atoms with Crippen molar-refractivity contribution >= 4 is 5.91 Å². The van der Waals surface area contributed by atoms with Gasteiger partial charge in [-0.3, -0.25) is 9.78 Å². The van der Waals surface area contributed by atoms with E-state index in [2.05, 4.69) is 10.3 Å². The van der Waals surface area contributed by atoms with Gasteiger partial charge in [0, 0.05) is 18.9 Å². The molecule has 2 rings (SSSR count). The molecule has 4 nitrogen and oxygen atoms in total. The van der Waals surface area contributed by atoms with Crippen molar-refractivity contribution in [1.29, 1.82) is 0 Å². The molecule has 0 saturated heterocycles. The van der Waals surface area contributed by atoms with Gasteiger partial charge in [-0.15, -0.1) is 0 Å². The number of carbonyl (C=O) groups is 1. The first kappa shape index (κ1) is 16.0. The van der Waals surface area contributed by atoms with Crippen LogP contribution in [0.1, 0.15) is 22.8 Å². The van der Waals surface area contributed by atoms with Crippen LogP contribution in [0.5, 0.6) is 0 Å². The van der Waals surface area contributed by atoms with Gasteiger partial charge < -0.3 is 10.4 Å². The molecular formula is C15H13F3N2O2. The second-order valence-electron chi connectivity index (χ2n) is 4.61. The average molecular weight is 310 g/mol. The van der Waals surface area contributed by atoms with Crippen LogP contribution in [0.4, 0.5) is 13.2 Å². The zero-order chi connectivity index (χ0) is 16.2. The highest BCUT2D eigenvalue weighted by atomic mass is 19.4. The maximum Gasteiger partial charge on any atom is 0.417 e. The number of carbonyl (C=O) groups excluding carboxylic acids is 1. The summed E-state index contributed by atoms with van der Waals surface area (Å²) in [6.07, 6.45) is -3.93. The third kappa shape index (κ3) is 4.05. The van der Waals surface area contributed by atoms with E-state index >= 15 is 0 Å². The third-order valence-electron chi connectivity index (χ3n) is 2.95. The Morgan fingerprint density at radius 2 is 1.91 bits per heavy atom. The number of pyridine rings is 1. The summed E-state index contributed by atoms with van der Waals surface area (Å²) in [7, 11) is 0. The Bertz CT molecular complexity index is 645. The van der Waals surface area contributed by atoms with E-state index in [1.807, 2.05) is 0 Å². The molecule has 1 aromatic heterocycles. The Balaban J connectivity index is 2.00. The molecule has 0 radical (unpaired) electrons. The number of aliphatic hydroxyl groups is 1. The minimum absolute atomic E-state index is 0.153. The molecule has 0 spiro atoms. The fourth-order valence-corrected chi connectivity index (χ4v) is 1.81. The van der Waals surface area contributed by atoms with Crippen LogP contribution in [0.2, 0.25) is 0 Å². The molecule has 0 saturated carbocycles. The average Bonchev–Trinajstić information content (AvgIpc) is 2.52. The van der Waals surface area contributed by atoms with Gasteiger partial charge in [0.15, 0.2) is 6.10 Å². The van der Waals surface area contributed by atoms with Crippen molar-refractivity contribution in [1.82, 2.24) is 10.3 Å². The second-order valence-corrected chi connectivity index (χ2v) is 4.61. The predicted molar refractivity (Wildman–Crippen MR) is 72.5 cm³/mol. The Hall–Kier alpha value is -2.41. The molecule has 2 N–H and O–H groups in total. The molecule has 0 bridgehead atoms. The highest BCUT2D eigenvalue weighted by Gasteiger charge is 2.31. The summed E-state index contributed by atoms with van der Waals surface area (Å²) < 4.78 is 37.6.